The zero-order chi connectivity index (χ0) is 12.1. The smallest absolute Gasteiger partial charge is 0.122 e. The molecule has 0 amide bonds. The van der Waals surface area contributed by atoms with Crippen LogP contribution in [0.4, 0.5) is 4.39 Å². The molecule has 0 saturated carbocycles. The van der Waals surface area contributed by atoms with Crippen molar-refractivity contribution in [1.29, 1.82) is 0 Å². The van der Waals surface area contributed by atoms with Gasteiger partial charge in [0.25, 0.3) is 0 Å². The predicted octanol–water partition coefficient (Wildman–Crippen LogP) is 5.00. The lowest BCUT2D eigenvalue weighted by atomic mass is 9.98. The van der Waals surface area contributed by atoms with Gasteiger partial charge in [0.2, 0.25) is 0 Å². The molecular weight excluding hydrogens is 211 g/mol. The van der Waals surface area contributed by atoms with E-state index in [1.165, 1.54) is 11.1 Å². The van der Waals surface area contributed by atoms with Crippen molar-refractivity contribution in [2.75, 3.05) is 0 Å². The molecule has 1 aliphatic carbocycles. The minimum Gasteiger partial charge on any atom is -0.207 e. The summed E-state index contributed by atoms with van der Waals surface area (Å²) in [5.74, 6) is -0.0126. The van der Waals surface area contributed by atoms with Crippen molar-refractivity contribution >= 4 is 0 Å². The Kier molecular flexibility index (Phi) is 4.13. The Morgan fingerprint density at radius 3 is 2.29 bits per heavy atom. The summed E-state index contributed by atoms with van der Waals surface area (Å²) in [4.78, 5) is 0. The average molecular weight is 232 g/mol. The number of hydrogen-bond donors (Lipinski definition) is 0. The van der Waals surface area contributed by atoms with E-state index in [1.807, 2.05) is 6.08 Å². The van der Waals surface area contributed by atoms with Crippen LogP contribution in [0.3, 0.4) is 0 Å². The van der Waals surface area contributed by atoms with E-state index in [0.717, 1.165) is 37.7 Å². The highest BCUT2D eigenvalue weighted by molar-refractivity contribution is 5.30. The van der Waals surface area contributed by atoms with Crippen LogP contribution in [0.15, 0.2) is 47.8 Å². The van der Waals surface area contributed by atoms with Gasteiger partial charge >= 0.3 is 0 Å². The van der Waals surface area contributed by atoms with Crippen LogP contribution in [0.1, 0.15) is 38.7 Å². The van der Waals surface area contributed by atoms with Crippen LogP contribution in [-0.4, -0.2) is 0 Å². The van der Waals surface area contributed by atoms with E-state index in [-0.39, 0.29) is 7.25 Å². The molecule has 1 heteroatoms. The fourth-order valence-electron chi connectivity index (χ4n) is 2.14. The van der Waals surface area contributed by atoms with Gasteiger partial charge in [-0.3, -0.25) is 0 Å². The predicted molar refractivity (Wildman–Crippen MR) is 72.8 cm³/mol. The second kappa shape index (κ2) is 5.81. The third kappa shape index (κ3) is 3.29. The number of rotatable bonds is 4. The van der Waals surface area contributed by atoms with Crippen molar-refractivity contribution in [2.45, 2.75) is 39.0 Å². The van der Waals surface area contributed by atoms with Gasteiger partial charge in [-0.1, -0.05) is 37.3 Å². The van der Waals surface area contributed by atoms with Gasteiger partial charge in [0.1, 0.15) is 5.83 Å². The second-order valence-electron chi connectivity index (χ2n) is 4.53. The summed E-state index contributed by atoms with van der Waals surface area (Å²) < 4.78 is 13.5. The first kappa shape index (κ1) is 12.1. The topological polar surface area (TPSA) is 0 Å². The number of allylic oxidation sites excluding steroid dienone is 4. The Hall–Kier alpha value is -1.37. The van der Waals surface area contributed by atoms with Crippen molar-refractivity contribution in [1.82, 2.24) is 0 Å². The number of halogens is 1. The van der Waals surface area contributed by atoms with E-state index in [2.05, 4.69) is 31.2 Å². The average Bonchev–Trinajstić information content (AvgIpc) is 2.38. The first-order valence-electron chi connectivity index (χ1n) is 6.42. The van der Waals surface area contributed by atoms with Crippen LogP contribution in [0, 0.1) is 0 Å². The Morgan fingerprint density at radius 2 is 1.65 bits per heavy atom. The number of benzene rings is 1. The van der Waals surface area contributed by atoms with Crippen molar-refractivity contribution in [2.24, 2.45) is 0 Å². The normalized spacial score (nSPS) is 15.4. The molecule has 1 aromatic rings. The maximum absolute atomic E-state index is 13.5. The Bertz CT molecular complexity index is 429. The zero-order valence-corrected chi connectivity index (χ0v) is 10.4. The SMILES string of the molecule is CCc1ccc(CCC2=CCCC=C2F)cc1.[HH]. The molecule has 0 spiro atoms. The van der Waals surface area contributed by atoms with Crippen LogP contribution < -0.4 is 0 Å². The summed E-state index contributed by atoms with van der Waals surface area (Å²) in [6.07, 6.45) is 8.39. The van der Waals surface area contributed by atoms with Crippen LogP contribution in [0.2, 0.25) is 0 Å². The Morgan fingerprint density at radius 1 is 1.00 bits per heavy atom. The standard InChI is InChI=1S/C16H19F.H2/c1-2-13-7-9-14(10-8-13)11-12-15-5-3-4-6-16(15)17;/h5-10H,2-4,11-12H2,1H3;1H. The van der Waals surface area contributed by atoms with Crippen LogP contribution in [-0.2, 0) is 12.8 Å². The molecular formula is C16H21F. The third-order valence-corrected chi connectivity index (χ3v) is 3.30. The fourth-order valence-corrected chi connectivity index (χ4v) is 2.14. The van der Waals surface area contributed by atoms with Gasteiger partial charge in [0.05, 0.1) is 0 Å². The highest BCUT2D eigenvalue weighted by Gasteiger charge is 2.08. The summed E-state index contributed by atoms with van der Waals surface area (Å²) >= 11 is 0. The summed E-state index contributed by atoms with van der Waals surface area (Å²) in [7, 11) is 0. The van der Waals surface area contributed by atoms with E-state index in [4.69, 9.17) is 0 Å². The van der Waals surface area contributed by atoms with Crippen molar-refractivity contribution in [3.05, 3.63) is 58.9 Å². The monoisotopic (exact) mass is 232 g/mol. The molecule has 0 fully saturated rings. The molecule has 0 aliphatic heterocycles. The quantitative estimate of drug-likeness (QED) is 0.685. The number of aryl methyl sites for hydroxylation is 2. The van der Waals surface area contributed by atoms with Gasteiger partial charge in [0.15, 0.2) is 0 Å². The minimum absolute atomic E-state index is 0. The minimum atomic E-state index is -0.0126. The lowest BCUT2D eigenvalue weighted by Crippen LogP contribution is -1.94. The highest BCUT2D eigenvalue weighted by atomic mass is 19.1. The third-order valence-electron chi connectivity index (χ3n) is 3.30. The summed E-state index contributed by atoms with van der Waals surface area (Å²) in [5.41, 5.74) is 3.54. The number of hydrogen-bond acceptors (Lipinski definition) is 0. The van der Waals surface area contributed by atoms with Crippen LogP contribution >= 0.6 is 0 Å². The first-order chi connectivity index (χ1) is 8.29. The van der Waals surface area contributed by atoms with Gasteiger partial charge in [-0.25, -0.2) is 4.39 Å². The lowest BCUT2D eigenvalue weighted by Gasteiger charge is -2.10. The summed E-state index contributed by atoms with van der Waals surface area (Å²) in [5, 5.41) is 0. The summed E-state index contributed by atoms with van der Waals surface area (Å²) in [6.45, 7) is 2.15. The lowest BCUT2D eigenvalue weighted by molar-refractivity contribution is 0.621. The van der Waals surface area contributed by atoms with Gasteiger partial charge in [-0.15, -0.1) is 0 Å². The molecule has 0 radical (unpaired) electrons. The largest absolute Gasteiger partial charge is 0.207 e. The molecule has 0 N–H and O–H groups in total. The molecule has 92 valence electrons. The van der Waals surface area contributed by atoms with Crippen LogP contribution in [0.5, 0.6) is 0 Å². The van der Waals surface area contributed by atoms with Crippen LogP contribution in [0.25, 0.3) is 0 Å². The fraction of sp³-hybridized carbons (Fsp3) is 0.375. The molecule has 0 saturated heterocycles. The molecule has 0 heterocycles. The molecule has 1 aromatic carbocycles. The highest BCUT2D eigenvalue weighted by Crippen LogP contribution is 2.24. The Labute approximate surface area is 104 Å². The first-order valence-corrected chi connectivity index (χ1v) is 6.42. The molecule has 1 aliphatic rings. The van der Waals surface area contributed by atoms with E-state index in [1.54, 1.807) is 6.08 Å². The molecule has 0 bridgehead atoms. The maximum Gasteiger partial charge on any atom is 0.122 e. The molecule has 0 atom stereocenters. The van der Waals surface area contributed by atoms with Gasteiger partial charge in [-0.2, -0.15) is 0 Å². The van der Waals surface area contributed by atoms with E-state index in [9.17, 15) is 4.39 Å². The van der Waals surface area contributed by atoms with Crippen molar-refractivity contribution in [3.63, 3.8) is 0 Å². The Balaban J connectivity index is 0.00000162. The van der Waals surface area contributed by atoms with E-state index < -0.39 is 0 Å². The van der Waals surface area contributed by atoms with Gasteiger partial charge in [0, 0.05) is 1.43 Å². The van der Waals surface area contributed by atoms with Crippen molar-refractivity contribution in [3.8, 4) is 0 Å². The molecule has 17 heavy (non-hydrogen) atoms. The second-order valence-corrected chi connectivity index (χ2v) is 4.53. The van der Waals surface area contributed by atoms with Gasteiger partial charge < -0.3 is 0 Å². The summed E-state index contributed by atoms with van der Waals surface area (Å²) in [6, 6.07) is 8.64. The molecule has 0 nitrogen and oxygen atoms in total. The maximum atomic E-state index is 13.5. The molecule has 2 rings (SSSR count). The van der Waals surface area contributed by atoms with E-state index >= 15 is 0 Å². The van der Waals surface area contributed by atoms with Crippen molar-refractivity contribution < 1.29 is 5.82 Å². The van der Waals surface area contributed by atoms with E-state index in [0.29, 0.717) is 0 Å². The van der Waals surface area contributed by atoms with Gasteiger partial charge in [-0.05, 0) is 54.9 Å². The zero-order valence-electron chi connectivity index (χ0n) is 10.4. The molecule has 0 unspecified atom stereocenters. The molecule has 0 aromatic heterocycles.